The van der Waals surface area contributed by atoms with E-state index in [2.05, 4.69) is 30.1 Å². The van der Waals surface area contributed by atoms with Crippen LogP contribution in [0, 0.1) is 0 Å². The Hall–Kier alpha value is -4.30. The van der Waals surface area contributed by atoms with Crippen LogP contribution in [-0.4, -0.2) is 43.5 Å². The number of furan rings is 1. The Morgan fingerprint density at radius 2 is 1.78 bits per heavy atom. The molecule has 0 spiro atoms. The van der Waals surface area contributed by atoms with Gasteiger partial charge in [0.25, 0.3) is 5.91 Å². The summed E-state index contributed by atoms with van der Waals surface area (Å²) in [7, 11) is 0. The number of hydrogen-bond acceptors (Lipinski definition) is 6. The summed E-state index contributed by atoms with van der Waals surface area (Å²) in [4.78, 5) is 28.1. The molecule has 0 aliphatic rings. The normalized spacial score (nSPS) is 11.0. The van der Waals surface area contributed by atoms with Gasteiger partial charge in [0, 0.05) is 29.1 Å². The van der Waals surface area contributed by atoms with Crippen LogP contribution in [0.25, 0.3) is 11.0 Å². The number of nitrogen functional groups attached to an aromatic ring is 1. The van der Waals surface area contributed by atoms with E-state index in [-0.39, 0.29) is 12.5 Å². The van der Waals surface area contributed by atoms with Crippen LogP contribution in [0.15, 0.2) is 77.2 Å². The summed E-state index contributed by atoms with van der Waals surface area (Å²) < 4.78 is 11.9. The second kappa shape index (κ2) is 12.1. The predicted octanol–water partition coefficient (Wildman–Crippen LogP) is 5.15. The molecule has 0 saturated heterocycles. The number of para-hydroxylation sites is 3. The molecule has 0 atom stereocenters. The van der Waals surface area contributed by atoms with Gasteiger partial charge in [0.05, 0.1) is 17.9 Å². The summed E-state index contributed by atoms with van der Waals surface area (Å²) in [5, 5.41) is 3.76. The predicted molar refractivity (Wildman–Crippen MR) is 147 cm³/mol. The molecule has 37 heavy (non-hydrogen) atoms. The SMILES string of the molecule is CCN(CC)Cc1cccc2cc(N(C=O)CCOc3ccc(C(=O)Nc4ccccc4N)cc3)oc12. The van der Waals surface area contributed by atoms with E-state index in [0.29, 0.717) is 35.1 Å². The number of carbonyl (C=O) groups excluding carboxylic acids is 2. The monoisotopic (exact) mass is 500 g/mol. The summed E-state index contributed by atoms with van der Waals surface area (Å²) in [5.41, 5.74) is 9.32. The van der Waals surface area contributed by atoms with Crippen LogP contribution in [0.3, 0.4) is 0 Å². The number of nitrogens with zero attached hydrogens (tertiary/aromatic N) is 2. The highest BCUT2D eigenvalue weighted by atomic mass is 16.5. The Kier molecular flexibility index (Phi) is 8.43. The first kappa shape index (κ1) is 25.8. The van der Waals surface area contributed by atoms with Crippen molar-refractivity contribution in [2.24, 2.45) is 0 Å². The highest BCUT2D eigenvalue weighted by Gasteiger charge is 2.15. The maximum atomic E-state index is 12.5. The molecule has 8 heteroatoms. The van der Waals surface area contributed by atoms with Gasteiger partial charge in [-0.3, -0.25) is 19.4 Å². The van der Waals surface area contributed by atoms with Crippen molar-refractivity contribution in [1.82, 2.24) is 4.90 Å². The minimum atomic E-state index is -0.262. The highest BCUT2D eigenvalue weighted by Crippen LogP contribution is 2.29. The van der Waals surface area contributed by atoms with Gasteiger partial charge >= 0.3 is 0 Å². The molecule has 0 saturated carbocycles. The quantitative estimate of drug-likeness (QED) is 0.206. The lowest BCUT2D eigenvalue weighted by atomic mass is 10.1. The van der Waals surface area contributed by atoms with Crippen LogP contribution in [0.4, 0.5) is 17.3 Å². The van der Waals surface area contributed by atoms with Gasteiger partial charge in [-0.05, 0) is 49.5 Å². The van der Waals surface area contributed by atoms with Crippen molar-refractivity contribution >= 4 is 40.5 Å². The molecule has 2 amide bonds. The number of nitrogens with one attached hydrogen (secondary N) is 1. The lowest BCUT2D eigenvalue weighted by molar-refractivity contribution is -0.107. The van der Waals surface area contributed by atoms with Crippen molar-refractivity contribution in [2.45, 2.75) is 20.4 Å². The summed E-state index contributed by atoms with van der Waals surface area (Å²) in [6.45, 7) is 7.52. The summed E-state index contributed by atoms with van der Waals surface area (Å²) >= 11 is 0. The van der Waals surface area contributed by atoms with E-state index in [9.17, 15) is 9.59 Å². The number of fused-ring (bicyclic) bond motifs is 1. The van der Waals surface area contributed by atoms with Crippen molar-refractivity contribution in [3.63, 3.8) is 0 Å². The van der Waals surface area contributed by atoms with E-state index in [1.54, 1.807) is 36.4 Å². The average molecular weight is 501 g/mol. The Labute approximate surface area is 216 Å². The lowest BCUT2D eigenvalue weighted by Crippen LogP contribution is -2.26. The zero-order valence-electron chi connectivity index (χ0n) is 21.1. The Morgan fingerprint density at radius 3 is 2.49 bits per heavy atom. The maximum absolute atomic E-state index is 12.5. The van der Waals surface area contributed by atoms with Crippen molar-refractivity contribution in [3.05, 3.63) is 83.9 Å². The first-order valence-corrected chi connectivity index (χ1v) is 12.4. The number of ether oxygens (including phenoxy) is 1. The van der Waals surface area contributed by atoms with Gasteiger partial charge in [0.1, 0.15) is 17.9 Å². The fraction of sp³-hybridized carbons (Fsp3) is 0.241. The van der Waals surface area contributed by atoms with E-state index in [1.165, 1.54) is 4.90 Å². The average Bonchev–Trinajstić information content (AvgIpc) is 3.36. The van der Waals surface area contributed by atoms with E-state index < -0.39 is 0 Å². The van der Waals surface area contributed by atoms with Crippen LogP contribution >= 0.6 is 0 Å². The molecule has 3 N–H and O–H groups in total. The van der Waals surface area contributed by atoms with Crippen LogP contribution < -0.4 is 20.7 Å². The first-order chi connectivity index (χ1) is 18.0. The molecule has 192 valence electrons. The zero-order chi connectivity index (χ0) is 26.2. The molecule has 4 rings (SSSR count). The number of anilines is 3. The molecule has 1 aromatic heterocycles. The Morgan fingerprint density at radius 1 is 1.03 bits per heavy atom. The minimum absolute atomic E-state index is 0.258. The van der Waals surface area contributed by atoms with Crippen LogP contribution in [0.1, 0.15) is 29.8 Å². The zero-order valence-corrected chi connectivity index (χ0v) is 21.1. The molecule has 0 unspecified atom stereocenters. The molecule has 8 nitrogen and oxygen atoms in total. The van der Waals surface area contributed by atoms with Gasteiger partial charge in [-0.25, -0.2) is 0 Å². The third kappa shape index (κ3) is 6.29. The van der Waals surface area contributed by atoms with Gasteiger partial charge < -0.3 is 20.2 Å². The largest absolute Gasteiger partial charge is 0.492 e. The fourth-order valence-corrected chi connectivity index (χ4v) is 4.05. The van der Waals surface area contributed by atoms with Crippen molar-refractivity contribution in [2.75, 3.05) is 42.2 Å². The summed E-state index contributed by atoms with van der Waals surface area (Å²) in [6, 6.07) is 21.8. The summed E-state index contributed by atoms with van der Waals surface area (Å²) in [6.07, 6.45) is 0.744. The highest BCUT2D eigenvalue weighted by molar-refractivity contribution is 6.05. The van der Waals surface area contributed by atoms with Crippen molar-refractivity contribution < 1.29 is 18.7 Å². The molecule has 0 fully saturated rings. The number of rotatable bonds is 12. The van der Waals surface area contributed by atoms with Crippen molar-refractivity contribution in [1.29, 1.82) is 0 Å². The molecule has 0 radical (unpaired) electrons. The third-order valence-corrected chi connectivity index (χ3v) is 6.24. The second-order valence-electron chi connectivity index (χ2n) is 8.59. The topological polar surface area (TPSA) is 101 Å². The number of amides is 2. The molecule has 0 bridgehead atoms. The van der Waals surface area contributed by atoms with Gasteiger partial charge in [0.15, 0.2) is 0 Å². The molecular formula is C29H32N4O4. The standard InChI is InChI=1S/C29H32N4O4/c1-3-32(4-2)19-23-9-7-8-22-18-27(37-28(22)23)33(20-34)16-17-36-24-14-12-21(13-15-24)29(35)31-26-11-6-5-10-25(26)30/h5-15,18,20H,3-4,16-17,19,30H2,1-2H3,(H,31,35). The number of benzene rings is 3. The smallest absolute Gasteiger partial charge is 0.255 e. The molecule has 3 aromatic carbocycles. The third-order valence-electron chi connectivity index (χ3n) is 6.24. The number of hydrogen-bond donors (Lipinski definition) is 2. The van der Waals surface area contributed by atoms with Gasteiger partial charge in [-0.1, -0.05) is 44.2 Å². The van der Waals surface area contributed by atoms with E-state index in [0.717, 1.165) is 42.6 Å². The number of nitrogens with two attached hydrogens (primary N) is 1. The van der Waals surface area contributed by atoms with Gasteiger partial charge in [-0.2, -0.15) is 0 Å². The Balaban J connectivity index is 1.35. The van der Waals surface area contributed by atoms with E-state index in [4.69, 9.17) is 14.9 Å². The van der Waals surface area contributed by atoms with E-state index >= 15 is 0 Å². The van der Waals surface area contributed by atoms with Gasteiger partial charge in [-0.15, -0.1) is 0 Å². The van der Waals surface area contributed by atoms with E-state index in [1.807, 2.05) is 30.3 Å². The molecule has 0 aliphatic carbocycles. The second-order valence-corrected chi connectivity index (χ2v) is 8.59. The molecule has 0 aliphatic heterocycles. The van der Waals surface area contributed by atoms with Crippen LogP contribution in [0.2, 0.25) is 0 Å². The number of carbonyl (C=O) groups is 2. The maximum Gasteiger partial charge on any atom is 0.255 e. The Bertz CT molecular complexity index is 1350. The van der Waals surface area contributed by atoms with Crippen LogP contribution in [0.5, 0.6) is 5.75 Å². The van der Waals surface area contributed by atoms with Crippen molar-refractivity contribution in [3.8, 4) is 5.75 Å². The lowest BCUT2D eigenvalue weighted by Gasteiger charge is -2.18. The van der Waals surface area contributed by atoms with Gasteiger partial charge in [0.2, 0.25) is 12.3 Å². The molecule has 1 heterocycles. The van der Waals surface area contributed by atoms with Crippen LogP contribution in [-0.2, 0) is 11.3 Å². The fourth-order valence-electron chi connectivity index (χ4n) is 4.05. The first-order valence-electron chi connectivity index (χ1n) is 12.4. The molecule has 4 aromatic rings. The summed E-state index contributed by atoms with van der Waals surface area (Å²) in [5.74, 6) is 0.808. The molecular weight excluding hydrogens is 468 g/mol. The minimum Gasteiger partial charge on any atom is -0.492 e.